The number of hydrogen-bond donors (Lipinski definition) is 2. The Kier molecular flexibility index (Phi) is 4.30. The van der Waals surface area contributed by atoms with Gasteiger partial charge in [0.1, 0.15) is 11.6 Å². The van der Waals surface area contributed by atoms with Crippen molar-refractivity contribution < 1.29 is 8.78 Å². The molecule has 2 rings (SSSR count). The van der Waals surface area contributed by atoms with E-state index in [1.807, 2.05) is 6.92 Å². The number of rotatable bonds is 3. The molecule has 3 atom stereocenters. The number of halogens is 2. The van der Waals surface area contributed by atoms with Crippen LogP contribution in [0.5, 0.6) is 0 Å². The van der Waals surface area contributed by atoms with E-state index in [4.69, 9.17) is 5.73 Å². The highest BCUT2D eigenvalue weighted by Gasteiger charge is 2.22. The van der Waals surface area contributed by atoms with Gasteiger partial charge in [0.25, 0.3) is 0 Å². The molecule has 0 aliphatic heterocycles. The summed E-state index contributed by atoms with van der Waals surface area (Å²) in [6.45, 7) is 1.90. The Morgan fingerprint density at radius 3 is 2.78 bits per heavy atom. The zero-order valence-corrected chi connectivity index (χ0v) is 10.6. The van der Waals surface area contributed by atoms with Gasteiger partial charge in [0, 0.05) is 29.8 Å². The van der Waals surface area contributed by atoms with Crippen LogP contribution in [0.3, 0.4) is 0 Å². The first kappa shape index (κ1) is 13.4. The fourth-order valence-corrected chi connectivity index (χ4v) is 2.67. The van der Waals surface area contributed by atoms with Crippen molar-refractivity contribution in [3.63, 3.8) is 0 Å². The maximum atomic E-state index is 13.6. The summed E-state index contributed by atoms with van der Waals surface area (Å²) >= 11 is 0. The Labute approximate surface area is 107 Å². The van der Waals surface area contributed by atoms with Crippen molar-refractivity contribution in [3.8, 4) is 0 Å². The molecule has 0 spiro atoms. The average Bonchev–Trinajstić information content (AvgIpc) is 2.28. The van der Waals surface area contributed by atoms with Crippen molar-refractivity contribution in [3.05, 3.63) is 35.4 Å². The summed E-state index contributed by atoms with van der Waals surface area (Å²) in [7, 11) is 0. The molecule has 1 aromatic carbocycles. The second-order valence-corrected chi connectivity index (χ2v) is 5.18. The Bertz CT molecular complexity index is 409. The van der Waals surface area contributed by atoms with Crippen LogP contribution >= 0.6 is 0 Å². The highest BCUT2D eigenvalue weighted by atomic mass is 19.1. The van der Waals surface area contributed by atoms with E-state index in [2.05, 4.69) is 5.32 Å². The van der Waals surface area contributed by atoms with Crippen LogP contribution in [0.15, 0.2) is 18.2 Å². The number of nitrogens with two attached hydrogens (primary N) is 1. The highest BCUT2D eigenvalue weighted by Crippen LogP contribution is 2.22. The van der Waals surface area contributed by atoms with Crippen molar-refractivity contribution in [2.45, 2.75) is 50.7 Å². The molecule has 100 valence electrons. The SMILES string of the molecule is CC(NC1CCCC(N)C1)c1ccc(F)cc1F. The van der Waals surface area contributed by atoms with Crippen molar-refractivity contribution in [2.75, 3.05) is 0 Å². The van der Waals surface area contributed by atoms with Gasteiger partial charge in [-0.05, 0) is 32.3 Å². The van der Waals surface area contributed by atoms with Gasteiger partial charge < -0.3 is 11.1 Å². The lowest BCUT2D eigenvalue weighted by atomic mass is 9.90. The summed E-state index contributed by atoms with van der Waals surface area (Å²) in [5.74, 6) is -1.03. The third-order valence-electron chi connectivity index (χ3n) is 3.63. The lowest BCUT2D eigenvalue weighted by molar-refractivity contribution is 0.316. The molecule has 1 aliphatic carbocycles. The zero-order valence-electron chi connectivity index (χ0n) is 10.6. The predicted molar refractivity (Wildman–Crippen MR) is 68.1 cm³/mol. The largest absolute Gasteiger partial charge is 0.328 e. The Morgan fingerprint density at radius 2 is 2.11 bits per heavy atom. The van der Waals surface area contributed by atoms with Crippen molar-refractivity contribution in [2.24, 2.45) is 5.73 Å². The molecule has 1 saturated carbocycles. The van der Waals surface area contributed by atoms with Crippen LogP contribution < -0.4 is 11.1 Å². The minimum absolute atomic E-state index is 0.124. The predicted octanol–water partition coefficient (Wildman–Crippen LogP) is 2.89. The van der Waals surface area contributed by atoms with Crippen molar-refractivity contribution in [1.82, 2.24) is 5.32 Å². The number of nitrogens with one attached hydrogen (secondary N) is 1. The molecule has 0 bridgehead atoms. The Hall–Kier alpha value is -1.00. The van der Waals surface area contributed by atoms with Gasteiger partial charge in [0.2, 0.25) is 0 Å². The standard InChI is InChI=1S/C14H20F2N2/c1-9(13-6-5-10(15)7-14(13)16)18-12-4-2-3-11(17)8-12/h5-7,9,11-12,18H,2-4,8,17H2,1H3. The average molecular weight is 254 g/mol. The summed E-state index contributed by atoms with van der Waals surface area (Å²) in [6.07, 6.45) is 4.17. The van der Waals surface area contributed by atoms with Gasteiger partial charge in [0.05, 0.1) is 0 Å². The van der Waals surface area contributed by atoms with Crippen molar-refractivity contribution in [1.29, 1.82) is 0 Å². The monoisotopic (exact) mass is 254 g/mol. The van der Waals surface area contributed by atoms with Crippen LogP contribution in [-0.2, 0) is 0 Å². The first-order chi connectivity index (χ1) is 8.56. The molecular formula is C14H20F2N2. The molecule has 3 unspecified atom stereocenters. The van der Waals surface area contributed by atoms with E-state index in [1.54, 1.807) is 0 Å². The van der Waals surface area contributed by atoms with E-state index >= 15 is 0 Å². The van der Waals surface area contributed by atoms with E-state index < -0.39 is 11.6 Å². The first-order valence-corrected chi connectivity index (χ1v) is 6.53. The molecule has 18 heavy (non-hydrogen) atoms. The lowest BCUT2D eigenvalue weighted by Gasteiger charge is -2.30. The fourth-order valence-electron chi connectivity index (χ4n) is 2.67. The Balaban J connectivity index is 2.00. The summed E-state index contributed by atoms with van der Waals surface area (Å²) in [4.78, 5) is 0. The van der Waals surface area contributed by atoms with Crippen molar-refractivity contribution >= 4 is 0 Å². The molecule has 0 radical (unpaired) electrons. The molecule has 3 N–H and O–H groups in total. The maximum absolute atomic E-state index is 13.6. The molecule has 1 fully saturated rings. The smallest absolute Gasteiger partial charge is 0.130 e. The molecule has 0 heterocycles. The van der Waals surface area contributed by atoms with Crippen LogP contribution in [0, 0.1) is 11.6 Å². The lowest BCUT2D eigenvalue weighted by Crippen LogP contribution is -2.40. The summed E-state index contributed by atoms with van der Waals surface area (Å²) < 4.78 is 26.5. The second kappa shape index (κ2) is 5.76. The fraction of sp³-hybridized carbons (Fsp3) is 0.571. The third-order valence-corrected chi connectivity index (χ3v) is 3.63. The number of hydrogen-bond acceptors (Lipinski definition) is 2. The third kappa shape index (κ3) is 3.27. The highest BCUT2D eigenvalue weighted by molar-refractivity contribution is 5.21. The molecule has 0 saturated heterocycles. The number of benzene rings is 1. The van der Waals surface area contributed by atoms with Gasteiger partial charge in [-0.1, -0.05) is 12.5 Å². The molecule has 0 amide bonds. The van der Waals surface area contributed by atoms with Gasteiger partial charge >= 0.3 is 0 Å². The topological polar surface area (TPSA) is 38.0 Å². The van der Waals surface area contributed by atoms with E-state index in [0.717, 1.165) is 31.7 Å². The van der Waals surface area contributed by atoms with E-state index in [-0.39, 0.29) is 12.1 Å². The second-order valence-electron chi connectivity index (χ2n) is 5.18. The molecule has 2 nitrogen and oxygen atoms in total. The van der Waals surface area contributed by atoms with E-state index in [0.29, 0.717) is 11.6 Å². The van der Waals surface area contributed by atoms with Gasteiger partial charge in [-0.2, -0.15) is 0 Å². The molecule has 1 aliphatic rings. The Morgan fingerprint density at radius 1 is 1.33 bits per heavy atom. The molecule has 1 aromatic rings. The summed E-state index contributed by atoms with van der Waals surface area (Å²) in [5, 5.41) is 3.38. The summed E-state index contributed by atoms with van der Waals surface area (Å²) in [5.41, 5.74) is 6.44. The normalized spacial score (nSPS) is 26.0. The molecule has 4 heteroatoms. The summed E-state index contributed by atoms with van der Waals surface area (Å²) in [6, 6.07) is 4.17. The molecule has 0 aromatic heterocycles. The van der Waals surface area contributed by atoms with E-state index in [1.165, 1.54) is 12.1 Å². The maximum Gasteiger partial charge on any atom is 0.130 e. The minimum atomic E-state index is -0.539. The van der Waals surface area contributed by atoms with Gasteiger partial charge in [-0.15, -0.1) is 0 Å². The van der Waals surface area contributed by atoms with Gasteiger partial charge in [-0.3, -0.25) is 0 Å². The quantitative estimate of drug-likeness (QED) is 0.870. The molecular weight excluding hydrogens is 234 g/mol. The first-order valence-electron chi connectivity index (χ1n) is 6.53. The van der Waals surface area contributed by atoms with Crippen LogP contribution in [-0.4, -0.2) is 12.1 Å². The van der Waals surface area contributed by atoms with Gasteiger partial charge in [0.15, 0.2) is 0 Å². The van der Waals surface area contributed by atoms with Gasteiger partial charge in [-0.25, -0.2) is 8.78 Å². The zero-order chi connectivity index (χ0) is 13.1. The van der Waals surface area contributed by atoms with Crippen LogP contribution in [0.4, 0.5) is 8.78 Å². The van der Waals surface area contributed by atoms with Crippen LogP contribution in [0.2, 0.25) is 0 Å². The van der Waals surface area contributed by atoms with E-state index in [9.17, 15) is 8.78 Å². The van der Waals surface area contributed by atoms with Crippen LogP contribution in [0.1, 0.15) is 44.2 Å². The minimum Gasteiger partial charge on any atom is -0.328 e. The van der Waals surface area contributed by atoms with Crippen LogP contribution in [0.25, 0.3) is 0 Å².